The molecule has 0 radical (unpaired) electrons. The highest BCUT2D eigenvalue weighted by Gasteiger charge is 2.20. The lowest BCUT2D eigenvalue weighted by atomic mass is 9.88. The molecule has 0 fully saturated rings. The summed E-state index contributed by atoms with van der Waals surface area (Å²) in [6, 6.07) is 21.4. The molecule has 1 aliphatic rings. The van der Waals surface area contributed by atoms with Crippen LogP contribution in [-0.4, -0.2) is 15.0 Å². The normalized spacial score (nSPS) is 16.0. The zero-order valence-corrected chi connectivity index (χ0v) is 15.9. The molecule has 0 bridgehead atoms. The van der Waals surface area contributed by atoms with Gasteiger partial charge >= 0.3 is 0 Å². The fourth-order valence-electron chi connectivity index (χ4n) is 4.11. The average Bonchev–Trinajstić information content (AvgIpc) is 2.73. The van der Waals surface area contributed by atoms with E-state index in [9.17, 15) is 0 Å². The summed E-state index contributed by atoms with van der Waals surface area (Å²) in [6.45, 7) is 1.95. The van der Waals surface area contributed by atoms with Gasteiger partial charge in [-0.25, -0.2) is 9.97 Å². The second-order valence-electron chi connectivity index (χ2n) is 7.38. The third-order valence-electron chi connectivity index (χ3n) is 5.43. The smallest absolute Gasteiger partial charge is 0.130 e. The SMILES string of the molecule is Cc1nc(NC2CCCc3ccccc32)cc(-c2ccc3ncccc3c2)n1. The van der Waals surface area contributed by atoms with E-state index in [1.807, 2.05) is 25.3 Å². The van der Waals surface area contributed by atoms with Crippen LogP contribution in [0.4, 0.5) is 5.82 Å². The lowest BCUT2D eigenvalue weighted by molar-refractivity contribution is 0.598. The third kappa shape index (κ3) is 3.22. The number of benzene rings is 2. The number of nitrogens with zero attached hydrogens (tertiary/aromatic N) is 3. The maximum Gasteiger partial charge on any atom is 0.130 e. The molecule has 0 saturated heterocycles. The number of aromatic nitrogens is 3. The van der Waals surface area contributed by atoms with Crippen LogP contribution in [0.15, 0.2) is 66.9 Å². The summed E-state index contributed by atoms with van der Waals surface area (Å²) in [4.78, 5) is 13.7. The summed E-state index contributed by atoms with van der Waals surface area (Å²) >= 11 is 0. The first-order valence-corrected chi connectivity index (χ1v) is 9.81. The van der Waals surface area contributed by atoms with E-state index in [2.05, 4.69) is 68.8 Å². The van der Waals surface area contributed by atoms with Gasteiger partial charge in [0.25, 0.3) is 0 Å². The Bertz CT molecular complexity index is 1150. The Hall–Kier alpha value is -3.27. The average molecular weight is 366 g/mol. The van der Waals surface area contributed by atoms with Gasteiger partial charge in [-0.3, -0.25) is 4.98 Å². The standard InChI is InChI=1S/C24H22N4/c1-16-26-23(19-11-12-21-18(14-19)8-5-13-25-21)15-24(27-16)28-22-10-4-7-17-6-2-3-9-20(17)22/h2-3,5-6,8-9,11-15,22H,4,7,10H2,1H3,(H,26,27,28). The van der Waals surface area contributed by atoms with Crippen LogP contribution < -0.4 is 5.32 Å². The quantitative estimate of drug-likeness (QED) is 0.521. The lowest BCUT2D eigenvalue weighted by Crippen LogP contribution is -2.18. The first-order valence-electron chi connectivity index (χ1n) is 9.81. The van der Waals surface area contributed by atoms with Crippen molar-refractivity contribution < 1.29 is 0 Å². The van der Waals surface area contributed by atoms with Crippen molar-refractivity contribution in [1.82, 2.24) is 15.0 Å². The maximum absolute atomic E-state index is 4.68. The summed E-state index contributed by atoms with van der Waals surface area (Å²) in [6.07, 6.45) is 5.30. The van der Waals surface area contributed by atoms with E-state index in [1.54, 1.807) is 0 Å². The summed E-state index contributed by atoms with van der Waals surface area (Å²) in [5, 5.41) is 4.78. The van der Waals surface area contributed by atoms with E-state index in [-0.39, 0.29) is 0 Å². The molecule has 4 nitrogen and oxygen atoms in total. The molecule has 0 amide bonds. The first-order chi connectivity index (χ1) is 13.8. The van der Waals surface area contributed by atoms with Gasteiger partial charge in [0.05, 0.1) is 17.3 Å². The van der Waals surface area contributed by atoms with Crippen LogP contribution in [0.3, 0.4) is 0 Å². The van der Waals surface area contributed by atoms with Gasteiger partial charge in [0.1, 0.15) is 11.6 Å². The molecule has 5 rings (SSSR count). The molecule has 1 atom stereocenters. The highest BCUT2D eigenvalue weighted by atomic mass is 15.0. The van der Waals surface area contributed by atoms with Crippen LogP contribution in [0.25, 0.3) is 22.2 Å². The van der Waals surface area contributed by atoms with Crippen LogP contribution in [0, 0.1) is 6.92 Å². The molecule has 1 unspecified atom stereocenters. The van der Waals surface area contributed by atoms with Crippen LogP contribution in [0.5, 0.6) is 0 Å². The Morgan fingerprint density at radius 2 is 1.89 bits per heavy atom. The molecule has 1 aliphatic carbocycles. The minimum Gasteiger partial charge on any atom is -0.363 e. The summed E-state index contributed by atoms with van der Waals surface area (Å²) in [7, 11) is 0. The van der Waals surface area contributed by atoms with Gasteiger partial charge in [-0.1, -0.05) is 36.4 Å². The first kappa shape index (κ1) is 16.9. The Kier molecular flexibility index (Phi) is 4.24. The minimum absolute atomic E-state index is 0.299. The Labute approximate surface area is 164 Å². The van der Waals surface area contributed by atoms with E-state index < -0.39 is 0 Å². The van der Waals surface area contributed by atoms with Crippen LogP contribution in [0.1, 0.15) is 35.8 Å². The predicted octanol–water partition coefficient (Wildman–Crippen LogP) is 5.49. The predicted molar refractivity (Wildman–Crippen MR) is 113 cm³/mol. The monoisotopic (exact) mass is 366 g/mol. The molecule has 0 saturated carbocycles. The Morgan fingerprint density at radius 1 is 0.964 bits per heavy atom. The van der Waals surface area contributed by atoms with Crippen molar-refractivity contribution in [2.75, 3.05) is 5.32 Å². The summed E-state index contributed by atoms with van der Waals surface area (Å²) < 4.78 is 0. The van der Waals surface area contributed by atoms with Crippen LogP contribution in [0.2, 0.25) is 0 Å². The van der Waals surface area contributed by atoms with Crippen molar-refractivity contribution in [1.29, 1.82) is 0 Å². The fraction of sp³-hybridized carbons (Fsp3) is 0.208. The van der Waals surface area contributed by atoms with E-state index in [0.717, 1.165) is 46.6 Å². The van der Waals surface area contributed by atoms with Crippen LogP contribution >= 0.6 is 0 Å². The van der Waals surface area contributed by atoms with Gasteiger partial charge < -0.3 is 5.32 Å². The number of nitrogens with one attached hydrogen (secondary N) is 1. The van der Waals surface area contributed by atoms with Crippen molar-refractivity contribution in [3.8, 4) is 11.3 Å². The molecule has 2 aromatic carbocycles. The third-order valence-corrected chi connectivity index (χ3v) is 5.43. The highest BCUT2D eigenvalue weighted by molar-refractivity contribution is 5.83. The number of fused-ring (bicyclic) bond motifs is 2. The number of hydrogen-bond acceptors (Lipinski definition) is 4. The number of hydrogen-bond donors (Lipinski definition) is 1. The van der Waals surface area contributed by atoms with Gasteiger partial charge in [0, 0.05) is 23.2 Å². The second-order valence-corrected chi connectivity index (χ2v) is 7.38. The molecule has 2 heterocycles. The molecule has 2 aromatic heterocycles. The van der Waals surface area contributed by atoms with Crippen molar-refractivity contribution >= 4 is 16.7 Å². The van der Waals surface area contributed by atoms with E-state index in [1.165, 1.54) is 17.5 Å². The molecule has 28 heavy (non-hydrogen) atoms. The summed E-state index contributed by atoms with van der Waals surface area (Å²) in [5.41, 5.74) is 5.85. The molecule has 138 valence electrons. The number of rotatable bonds is 3. The van der Waals surface area contributed by atoms with E-state index in [0.29, 0.717) is 6.04 Å². The molecule has 1 N–H and O–H groups in total. The van der Waals surface area contributed by atoms with Crippen molar-refractivity contribution in [2.45, 2.75) is 32.2 Å². The minimum atomic E-state index is 0.299. The van der Waals surface area contributed by atoms with Crippen molar-refractivity contribution in [3.63, 3.8) is 0 Å². The van der Waals surface area contributed by atoms with Crippen molar-refractivity contribution in [3.05, 3.63) is 83.8 Å². The topological polar surface area (TPSA) is 50.7 Å². The van der Waals surface area contributed by atoms with Gasteiger partial charge in [0.2, 0.25) is 0 Å². The highest BCUT2D eigenvalue weighted by Crippen LogP contribution is 2.33. The molecule has 4 heteroatoms. The Morgan fingerprint density at radius 3 is 2.86 bits per heavy atom. The molecular formula is C24H22N4. The summed E-state index contributed by atoms with van der Waals surface area (Å²) in [5.74, 6) is 1.66. The molecule has 0 spiro atoms. The molecule has 4 aromatic rings. The number of aryl methyl sites for hydroxylation is 2. The zero-order chi connectivity index (χ0) is 18.9. The zero-order valence-electron chi connectivity index (χ0n) is 15.9. The van der Waals surface area contributed by atoms with Gasteiger partial charge in [-0.05, 0) is 55.5 Å². The van der Waals surface area contributed by atoms with Gasteiger partial charge in [-0.2, -0.15) is 0 Å². The number of pyridine rings is 1. The maximum atomic E-state index is 4.68. The number of anilines is 1. The molecular weight excluding hydrogens is 344 g/mol. The lowest BCUT2D eigenvalue weighted by Gasteiger charge is -2.27. The molecule has 0 aliphatic heterocycles. The van der Waals surface area contributed by atoms with Crippen molar-refractivity contribution in [2.24, 2.45) is 0 Å². The van der Waals surface area contributed by atoms with Gasteiger partial charge in [-0.15, -0.1) is 0 Å². The second kappa shape index (κ2) is 7.04. The largest absolute Gasteiger partial charge is 0.363 e. The van der Waals surface area contributed by atoms with E-state index in [4.69, 9.17) is 0 Å². The fourth-order valence-corrected chi connectivity index (χ4v) is 4.11. The van der Waals surface area contributed by atoms with E-state index >= 15 is 0 Å². The Balaban J connectivity index is 1.49. The van der Waals surface area contributed by atoms with Gasteiger partial charge in [0.15, 0.2) is 0 Å². The van der Waals surface area contributed by atoms with Crippen LogP contribution in [-0.2, 0) is 6.42 Å².